The highest BCUT2D eigenvalue weighted by Crippen LogP contribution is 2.41. The predicted octanol–water partition coefficient (Wildman–Crippen LogP) is 3.31. The van der Waals surface area contributed by atoms with Crippen molar-refractivity contribution in [3.8, 4) is 5.75 Å². The normalized spacial score (nSPS) is 22.4. The molecule has 1 N–H and O–H groups in total. The Morgan fingerprint density at radius 3 is 2.86 bits per heavy atom. The number of carboxylic acid groups (broad SMARTS) is 1. The molecule has 1 heterocycles. The molecule has 0 radical (unpaired) electrons. The molecule has 1 aliphatic heterocycles. The molecule has 0 saturated heterocycles. The van der Waals surface area contributed by atoms with Crippen LogP contribution in [0.5, 0.6) is 5.75 Å². The molecule has 4 heteroatoms. The van der Waals surface area contributed by atoms with Crippen molar-refractivity contribution in [1.82, 2.24) is 0 Å². The first-order valence-corrected chi connectivity index (χ1v) is 7.28. The average Bonchev–Trinajstić information content (AvgIpc) is 2.97. The van der Waals surface area contributed by atoms with Crippen molar-refractivity contribution in [3.63, 3.8) is 0 Å². The monoisotopic (exact) mass is 288 g/mol. The topological polar surface area (TPSA) is 55.8 Å². The molecular formula is C17H20O4. The molecule has 0 amide bonds. The lowest BCUT2D eigenvalue weighted by atomic mass is 9.86. The third-order valence-corrected chi connectivity index (χ3v) is 4.39. The van der Waals surface area contributed by atoms with E-state index in [2.05, 4.69) is 26.0 Å². The fourth-order valence-electron chi connectivity index (χ4n) is 3.04. The lowest BCUT2D eigenvalue weighted by molar-refractivity contribution is -0.148. The van der Waals surface area contributed by atoms with Crippen LogP contribution in [0.25, 0.3) is 0 Å². The molecule has 3 rings (SSSR count). The average molecular weight is 288 g/mol. The van der Waals surface area contributed by atoms with E-state index < -0.39 is 12.1 Å². The van der Waals surface area contributed by atoms with E-state index in [0.717, 1.165) is 24.2 Å². The molecule has 0 spiro atoms. The number of hydrogen-bond donors (Lipinski definition) is 1. The van der Waals surface area contributed by atoms with Crippen molar-refractivity contribution in [2.45, 2.75) is 51.6 Å². The van der Waals surface area contributed by atoms with Gasteiger partial charge in [-0.3, -0.25) is 0 Å². The van der Waals surface area contributed by atoms with Crippen LogP contribution in [0.1, 0.15) is 43.4 Å². The van der Waals surface area contributed by atoms with Crippen LogP contribution in [0.4, 0.5) is 0 Å². The second-order valence-electron chi connectivity index (χ2n) is 6.46. The van der Waals surface area contributed by atoms with Gasteiger partial charge in [-0.25, -0.2) is 4.79 Å². The number of ether oxygens (including phenoxy) is 2. The third-order valence-electron chi connectivity index (χ3n) is 4.39. The molecule has 1 aliphatic carbocycles. The Bertz CT molecular complexity index is 628. The van der Waals surface area contributed by atoms with Gasteiger partial charge in [-0.1, -0.05) is 19.9 Å². The fourth-order valence-corrected chi connectivity index (χ4v) is 3.04. The largest absolute Gasteiger partial charge is 0.478 e. The van der Waals surface area contributed by atoms with Crippen molar-refractivity contribution in [3.05, 3.63) is 40.8 Å². The Morgan fingerprint density at radius 2 is 2.19 bits per heavy atom. The van der Waals surface area contributed by atoms with E-state index in [1.165, 1.54) is 11.1 Å². The molecule has 1 unspecified atom stereocenters. The second kappa shape index (κ2) is 4.79. The Morgan fingerprint density at radius 1 is 1.43 bits per heavy atom. The van der Waals surface area contributed by atoms with Gasteiger partial charge < -0.3 is 14.6 Å². The molecule has 0 fully saturated rings. The van der Waals surface area contributed by atoms with E-state index in [-0.39, 0.29) is 5.41 Å². The van der Waals surface area contributed by atoms with Crippen LogP contribution in [-0.4, -0.2) is 17.2 Å². The second-order valence-corrected chi connectivity index (χ2v) is 6.46. The summed E-state index contributed by atoms with van der Waals surface area (Å²) in [5, 5.41) is 8.93. The first kappa shape index (κ1) is 14.0. The van der Waals surface area contributed by atoms with Gasteiger partial charge in [-0.05, 0) is 47.9 Å². The van der Waals surface area contributed by atoms with Crippen LogP contribution in [-0.2, 0) is 21.4 Å². The van der Waals surface area contributed by atoms with Crippen LogP contribution in [0.3, 0.4) is 0 Å². The third kappa shape index (κ3) is 2.50. The lowest BCUT2D eigenvalue weighted by Gasteiger charge is -2.20. The Labute approximate surface area is 124 Å². The Hall–Kier alpha value is -1.97. The lowest BCUT2D eigenvalue weighted by Crippen LogP contribution is -2.19. The standard InChI is InChI=1S/C17H20O4/c1-10-8-11-6-7-17(2,3)12(11)9-14(10)21-15-5-4-13(20-15)16(18)19/h5,8-9,13H,4,6-7H2,1-3H3,(H,18,19). The quantitative estimate of drug-likeness (QED) is 0.927. The molecule has 0 bridgehead atoms. The molecule has 1 aromatic carbocycles. The van der Waals surface area contributed by atoms with Crippen molar-refractivity contribution in [2.24, 2.45) is 0 Å². The summed E-state index contributed by atoms with van der Waals surface area (Å²) in [6.07, 6.45) is 3.46. The molecule has 1 aromatic rings. The van der Waals surface area contributed by atoms with Gasteiger partial charge in [0.2, 0.25) is 6.10 Å². The summed E-state index contributed by atoms with van der Waals surface area (Å²) in [4.78, 5) is 10.9. The number of rotatable bonds is 3. The summed E-state index contributed by atoms with van der Waals surface area (Å²) in [6, 6.07) is 4.25. The molecule has 1 atom stereocenters. The van der Waals surface area contributed by atoms with E-state index in [0.29, 0.717) is 12.4 Å². The van der Waals surface area contributed by atoms with Crippen LogP contribution in [0, 0.1) is 6.92 Å². The van der Waals surface area contributed by atoms with Gasteiger partial charge >= 0.3 is 5.97 Å². The smallest absolute Gasteiger partial charge is 0.345 e. The molecule has 0 saturated carbocycles. The number of aryl methyl sites for hydroxylation is 2. The van der Waals surface area contributed by atoms with Gasteiger partial charge in [0.25, 0.3) is 5.95 Å². The van der Waals surface area contributed by atoms with Crippen molar-refractivity contribution >= 4 is 5.97 Å². The molecular weight excluding hydrogens is 268 g/mol. The fraction of sp³-hybridized carbons (Fsp3) is 0.471. The number of carbonyl (C=O) groups is 1. The van der Waals surface area contributed by atoms with Gasteiger partial charge in [-0.2, -0.15) is 0 Å². The number of fused-ring (bicyclic) bond motifs is 1. The van der Waals surface area contributed by atoms with Crippen molar-refractivity contribution < 1.29 is 19.4 Å². The van der Waals surface area contributed by atoms with Crippen LogP contribution in [0.2, 0.25) is 0 Å². The minimum Gasteiger partial charge on any atom is -0.478 e. The summed E-state index contributed by atoms with van der Waals surface area (Å²) >= 11 is 0. The highest BCUT2D eigenvalue weighted by atomic mass is 16.7. The first-order valence-electron chi connectivity index (χ1n) is 7.28. The summed E-state index contributed by atoms with van der Waals surface area (Å²) in [5.74, 6) is 0.0823. The Balaban J connectivity index is 1.83. The van der Waals surface area contributed by atoms with Gasteiger partial charge in [0.15, 0.2) is 0 Å². The maximum absolute atomic E-state index is 10.9. The summed E-state index contributed by atoms with van der Waals surface area (Å²) < 4.78 is 11.1. The van der Waals surface area contributed by atoms with Crippen LogP contribution >= 0.6 is 0 Å². The molecule has 21 heavy (non-hydrogen) atoms. The van der Waals surface area contributed by atoms with Crippen LogP contribution in [0.15, 0.2) is 24.2 Å². The molecule has 4 nitrogen and oxygen atoms in total. The predicted molar refractivity (Wildman–Crippen MR) is 78.4 cm³/mol. The van der Waals surface area contributed by atoms with E-state index in [1.807, 2.05) is 6.92 Å². The van der Waals surface area contributed by atoms with E-state index in [4.69, 9.17) is 14.6 Å². The van der Waals surface area contributed by atoms with Gasteiger partial charge in [0.1, 0.15) is 5.75 Å². The zero-order valence-corrected chi connectivity index (χ0v) is 12.6. The maximum atomic E-state index is 10.9. The summed E-state index contributed by atoms with van der Waals surface area (Å²) in [6.45, 7) is 6.48. The highest BCUT2D eigenvalue weighted by molar-refractivity contribution is 5.73. The minimum atomic E-state index is -0.961. The summed E-state index contributed by atoms with van der Waals surface area (Å²) in [5.41, 5.74) is 3.91. The highest BCUT2D eigenvalue weighted by Gasteiger charge is 2.31. The number of carboxylic acids is 1. The number of hydrogen-bond acceptors (Lipinski definition) is 3. The van der Waals surface area contributed by atoms with E-state index in [1.54, 1.807) is 6.08 Å². The zero-order chi connectivity index (χ0) is 15.2. The number of aliphatic carboxylic acids is 1. The van der Waals surface area contributed by atoms with Gasteiger partial charge in [0, 0.05) is 12.5 Å². The SMILES string of the molecule is Cc1cc2c(cc1OC1=CCC(C(=O)O)O1)C(C)(C)CC2. The van der Waals surface area contributed by atoms with Gasteiger partial charge in [-0.15, -0.1) is 0 Å². The Kier molecular flexibility index (Phi) is 3.19. The minimum absolute atomic E-state index is 0.162. The van der Waals surface area contributed by atoms with Crippen molar-refractivity contribution in [2.75, 3.05) is 0 Å². The van der Waals surface area contributed by atoms with Crippen LogP contribution < -0.4 is 4.74 Å². The number of benzene rings is 1. The van der Waals surface area contributed by atoms with Crippen molar-refractivity contribution in [1.29, 1.82) is 0 Å². The van der Waals surface area contributed by atoms with E-state index >= 15 is 0 Å². The maximum Gasteiger partial charge on any atom is 0.345 e. The van der Waals surface area contributed by atoms with E-state index in [9.17, 15) is 4.79 Å². The first-order chi connectivity index (χ1) is 9.87. The zero-order valence-electron chi connectivity index (χ0n) is 12.6. The molecule has 112 valence electrons. The molecule has 2 aliphatic rings. The molecule has 0 aromatic heterocycles. The van der Waals surface area contributed by atoms with Gasteiger partial charge in [0.05, 0.1) is 0 Å². The summed E-state index contributed by atoms with van der Waals surface area (Å²) in [7, 11) is 0.